The lowest BCUT2D eigenvalue weighted by Gasteiger charge is -2.20. The minimum absolute atomic E-state index is 0.0513. The molecule has 2 aromatic carbocycles. The standard InChI is InChI=1S/C17H15BrFNO/c1-10-3-2-4-13(17(10)19)16(18)12-5-7-14-11(9-12)6-8-15(21)20-14/h2-5,7,9,16H,6,8H2,1H3,(H,20,21). The molecule has 0 saturated heterocycles. The molecule has 1 aliphatic heterocycles. The van der Waals surface area contributed by atoms with E-state index in [2.05, 4.69) is 21.2 Å². The van der Waals surface area contributed by atoms with Crippen LogP contribution < -0.4 is 5.32 Å². The molecular formula is C17H15BrFNO. The predicted molar refractivity (Wildman–Crippen MR) is 85.3 cm³/mol. The lowest BCUT2D eigenvalue weighted by Crippen LogP contribution is -2.19. The summed E-state index contributed by atoms with van der Waals surface area (Å²) in [5.74, 6) is -0.124. The summed E-state index contributed by atoms with van der Waals surface area (Å²) in [6.45, 7) is 1.76. The molecular weight excluding hydrogens is 333 g/mol. The predicted octanol–water partition coefficient (Wildman–Crippen LogP) is 4.50. The van der Waals surface area contributed by atoms with Crippen molar-refractivity contribution in [2.75, 3.05) is 5.32 Å². The van der Waals surface area contributed by atoms with E-state index in [-0.39, 0.29) is 16.6 Å². The van der Waals surface area contributed by atoms with E-state index in [0.717, 1.165) is 23.2 Å². The molecule has 0 aromatic heterocycles. The molecule has 1 N–H and O–H groups in total. The van der Waals surface area contributed by atoms with Gasteiger partial charge in [-0.05, 0) is 36.1 Å². The molecule has 0 radical (unpaired) electrons. The van der Waals surface area contributed by atoms with Gasteiger partial charge in [0.15, 0.2) is 0 Å². The molecule has 0 spiro atoms. The summed E-state index contributed by atoms with van der Waals surface area (Å²) in [4.78, 5) is 11.2. The Balaban J connectivity index is 1.97. The van der Waals surface area contributed by atoms with Gasteiger partial charge in [-0.25, -0.2) is 4.39 Å². The molecule has 1 unspecified atom stereocenters. The molecule has 2 nitrogen and oxygen atoms in total. The molecule has 1 atom stereocenters. The lowest BCUT2D eigenvalue weighted by atomic mass is 9.96. The van der Waals surface area contributed by atoms with Crippen molar-refractivity contribution in [1.29, 1.82) is 0 Å². The third-order valence-electron chi connectivity index (χ3n) is 3.81. The Hall–Kier alpha value is -1.68. The van der Waals surface area contributed by atoms with Gasteiger partial charge in [-0.1, -0.05) is 46.3 Å². The van der Waals surface area contributed by atoms with Gasteiger partial charge in [0.25, 0.3) is 0 Å². The van der Waals surface area contributed by atoms with Crippen molar-refractivity contribution < 1.29 is 9.18 Å². The van der Waals surface area contributed by atoms with E-state index in [1.165, 1.54) is 0 Å². The van der Waals surface area contributed by atoms with Crippen LogP contribution in [0.3, 0.4) is 0 Å². The largest absolute Gasteiger partial charge is 0.326 e. The molecule has 0 saturated carbocycles. The van der Waals surface area contributed by atoms with E-state index in [4.69, 9.17) is 0 Å². The third kappa shape index (κ3) is 2.72. The van der Waals surface area contributed by atoms with Gasteiger partial charge < -0.3 is 5.32 Å². The first kappa shape index (κ1) is 14.3. The third-order valence-corrected chi connectivity index (χ3v) is 4.83. The van der Waals surface area contributed by atoms with Gasteiger partial charge in [-0.2, -0.15) is 0 Å². The van der Waals surface area contributed by atoms with Gasteiger partial charge in [-0.15, -0.1) is 0 Å². The van der Waals surface area contributed by atoms with E-state index in [0.29, 0.717) is 17.5 Å². The Kier molecular flexibility index (Phi) is 3.81. The zero-order valence-electron chi connectivity index (χ0n) is 11.6. The van der Waals surface area contributed by atoms with Crippen molar-refractivity contribution in [3.8, 4) is 0 Å². The summed E-state index contributed by atoms with van der Waals surface area (Å²) in [5, 5.41) is 2.86. The first-order valence-corrected chi connectivity index (χ1v) is 7.79. The highest BCUT2D eigenvalue weighted by Crippen LogP contribution is 2.35. The Labute approximate surface area is 131 Å². The Morgan fingerprint density at radius 3 is 2.86 bits per heavy atom. The fourth-order valence-corrected chi connectivity index (χ4v) is 3.24. The smallest absolute Gasteiger partial charge is 0.224 e. The van der Waals surface area contributed by atoms with Crippen molar-refractivity contribution in [2.45, 2.75) is 24.6 Å². The van der Waals surface area contributed by atoms with Gasteiger partial charge in [0.05, 0.1) is 4.83 Å². The van der Waals surface area contributed by atoms with Gasteiger partial charge in [0.1, 0.15) is 5.82 Å². The van der Waals surface area contributed by atoms with Crippen LogP contribution in [0.25, 0.3) is 0 Å². The van der Waals surface area contributed by atoms with Gasteiger partial charge in [-0.3, -0.25) is 4.79 Å². The number of fused-ring (bicyclic) bond motifs is 1. The van der Waals surface area contributed by atoms with Crippen LogP contribution in [0.2, 0.25) is 0 Å². The van der Waals surface area contributed by atoms with Crippen molar-refractivity contribution in [1.82, 2.24) is 0 Å². The van der Waals surface area contributed by atoms with Crippen LogP contribution in [-0.2, 0) is 11.2 Å². The van der Waals surface area contributed by atoms with Crippen LogP contribution in [-0.4, -0.2) is 5.91 Å². The lowest BCUT2D eigenvalue weighted by molar-refractivity contribution is -0.116. The van der Waals surface area contributed by atoms with Crippen molar-refractivity contribution in [2.24, 2.45) is 0 Å². The van der Waals surface area contributed by atoms with Crippen LogP contribution in [0.4, 0.5) is 10.1 Å². The van der Waals surface area contributed by atoms with E-state index in [1.54, 1.807) is 19.1 Å². The monoisotopic (exact) mass is 347 g/mol. The quantitative estimate of drug-likeness (QED) is 0.796. The van der Waals surface area contributed by atoms with Crippen molar-refractivity contribution >= 4 is 27.5 Å². The van der Waals surface area contributed by atoms with Gasteiger partial charge in [0.2, 0.25) is 5.91 Å². The number of nitrogens with one attached hydrogen (secondary N) is 1. The van der Waals surface area contributed by atoms with Gasteiger partial charge >= 0.3 is 0 Å². The molecule has 21 heavy (non-hydrogen) atoms. The number of hydrogen-bond acceptors (Lipinski definition) is 1. The molecule has 108 valence electrons. The van der Waals surface area contributed by atoms with Crippen LogP contribution in [0, 0.1) is 12.7 Å². The number of hydrogen-bond donors (Lipinski definition) is 1. The van der Waals surface area contributed by atoms with Crippen LogP contribution in [0.15, 0.2) is 36.4 Å². The molecule has 1 amide bonds. The highest BCUT2D eigenvalue weighted by atomic mass is 79.9. The zero-order valence-corrected chi connectivity index (χ0v) is 13.2. The molecule has 3 rings (SSSR count). The van der Waals surface area contributed by atoms with Crippen LogP contribution >= 0.6 is 15.9 Å². The number of aryl methyl sites for hydroxylation is 2. The highest BCUT2D eigenvalue weighted by molar-refractivity contribution is 9.09. The maximum absolute atomic E-state index is 14.2. The van der Waals surface area contributed by atoms with Gasteiger partial charge in [0, 0.05) is 17.7 Å². The molecule has 0 fully saturated rings. The first-order chi connectivity index (χ1) is 10.1. The Morgan fingerprint density at radius 1 is 1.24 bits per heavy atom. The fraction of sp³-hybridized carbons (Fsp3) is 0.235. The number of carbonyl (C=O) groups excluding carboxylic acids is 1. The summed E-state index contributed by atoms with van der Waals surface area (Å²) in [6.07, 6.45) is 1.23. The van der Waals surface area contributed by atoms with Crippen molar-refractivity contribution in [3.63, 3.8) is 0 Å². The molecule has 1 heterocycles. The highest BCUT2D eigenvalue weighted by Gasteiger charge is 2.19. The molecule has 0 aliphatic carbocycles. The Morgan fingerprint density at radius 2 is 2.05 bits per heavy atom. The van der Waals surface area contributed by atoms with Crippen molar-refractivity contribution in [3.05, 3.63) is 64.5 Å². The number of halogens is 2. The van der Waals surface area contributed by atoms with E-state index >= 15 is 0 Å². The summed E-state index contributed by atoms with van der Waals surface area (Å²) in [5.41, 5.74) is 4.23. The molecule has 2 aromatic rings. The number of rotatable bonds is 2. The SMILES string of the molecule is Cc1cccc(C(Br)c2ccc3c(c2)CCC(=O)N3)c1F. The molecule has 1 aliphatic rings. The zero-order chi connectivity index (χ0) is 15.0. The average molecular weight is 348 g/mol. The number of amides is 1. The maximum atomic E-state index is 14.2. The number of alkyl halides is 1. The second-order valence-electron chi connectivity index (χ2n) is 5.31. The topological polar surface area (TPSA) is 29.1 Å². The summed E-state index contributed by atoms with van der Waals surface area (Å²) in [6, 6.07) is 11.3. The summed E-state index contributed by atoms with van der Waals surface area (Å²) in [7, 11) is 0. The van der Waals surface area contributed by atoms with E-state index in [1.807, 2.05) is 24.3 Å². The number of benzene rings is 2. The summed E-state index contributed by atoms with van der Waals surface area (Å²) >= 11 is 3.59. The maximum Gasteiger partial charge on any atom is 0.224 e. The minimum atomic E-state index is -0.194. The molecule has 0 bridgehead atoms. The second-order valence-corrected chi connectivity index (χ2v) is 6.22. The second kappa shape index (κ2) is 5.60. The number of anilines is 1. The Bertz CT molecular complexity index is 714. The normalized spacial score (nSPS) is 15.3. The minimum Gasteiger partial charge on any atom is -0.326 e. The first-order valence-electron chi connectivity index (χ1n) is 6.88. The molecule has 4 heteroatoms. The summed E-state index contributed by atoms with van der Waals surface area (Å²) < 4.78 is 14.2. The van der Waals surface area contributed by atoms with E-state index in [9.17, 15) is 9.18 Å². The number of carbonyl (C=O) groups is 1. The van der Waals surface area contributed by atoms with Crippen LogP contribution in [0.5, 0.6) is 0 Å². The fourth-order valence-electron chi connectivity index (χ4n) is 2.61. The van der Waals surface area contributed by atoms with Crippen LogP contribution in [0.1, 0.15) is 33.5 Å². The average Bonchev–Trinajstić information content (AvgIpc) is 2.49. The van der Waals surface area contributed by atoms with E-state index < -0.39 is 0 Å².